The van der Waals surface area contributed by atoms with Crippen molar-refractivity contribution in [1.29, 1.82) is 0 Å². The van der Waals surface area contributed by atoms with Gasteiger partial charge in [0.15, 0.2) is 5.03 Å². The molecular formula is C20H26FN3O3S. The maximum absolute atomic E-state index is 14.0. The quantitative estimate of drug-likeness (QED) is 0.760. The number of nitrogens with zero attached hydrogens (tertiary/aromatic N) is 2. The van der Waals surface area contributed by atoms with Crippen LogP contribution in [0.15, 0.2) is 29.4 Å². The highest BCUT2D eigenvalue weighted by Crippen LogP contribution is 2.34. The molecule has 1 aromatic carbocycles. The molecular weight excluding hydrogens is 381 g/mol. The first-order valence-corrected chi connectivity index (χ1v) is 11.0. The van der Waals surface area contributed by atoms with Crippen molar-refractivity contribution >= 4 is 15.9 Å². The molecule has 0 saturated heterocycles. The molecule has 152 valence electrons. The van der Waals surface area contributed by atoms with Crippen molar-refractivity contribution in [2.75, 3.05) is 0 Å². The summed E-state index contributed by atoms with van der Waals surface area (Å²) < 4.78 is 42.8. The third kappa shape index (κ3) is 4.43. The van der Waals surface area contributed by atoms with E-state index in [4.69, 9.17) is 0 Å². The monoisotopic (exact) mass is 407 g/mol. The van der Waals surface area contributed by atoms with E-state index in [1.165, 1.54) is 18.2 Å². The smallest absolute Gasteiger partial charge is 0.274 e. The van der Waals surface area contributed by atoms with Crippen molar-refractivity contribution < 1.29 is 17.6 Å². The van der Waals surface area contributed by atoms with E-state index >= 15 is 0 Å². The molecule has 1 aliphatic rings. The Kier molecular flexibility index (Phi) is 5.61. The largest absolute Gasteiger partial charge is 0.283 e. The van der Waals surface area contributed by atoms with Crippen molar-refractivity contribution in [3.05, 3.63) is 46.9 Å². The van der Waals surface area contributed by atoms with Crippen LogP contribution in [0.1, 0.15) is 75.1 Å². The maximum atomic E-state index is 14.0. The molecule has 1 aromatic heterocycles. The minimum Gasteiger partial charge on any atom is -0.274 e. The normalized spacial score (nSPS) is 14.7. The van der Waals surface area contributed by atoms with Gasteiger partial charge >= 0.3 is 0 Å². The molecule has 0 radical (unpaired) electrons. The van der Waals surface area contributed by atoms with E-state index in [1.807, 2.05) is 27.7 Å². The molecule has 0 spiro atoms. The van der Waals surface area contributed by atoms with Gasteiger partial charge in [-0.3, -0.25) is 9.48 Å². The van der Waals surface area contributed by atoms with Crippen LogP contribution in [0, 0.1) is 5.82 Å². The molecule has 0 unspecified atom stereocenters. The molecule has 0 bridgehead atoms. The molecule has 3 rings (SSSR count). The Morgan fingerprint density at radius 1 is 1.21 bits per heavy atom. The number of benzene rings is 1. The summed E-state index contributed by atoms with van der Waals surface area (Å²) >= 11 is 0. The van der Waals surface area contributed by atoms with E-state index in [0.717, 1.165) is 12.8 Å². The van der Waals surface area contributed by atoms with Gasteiger partial charge in [-0.25, -0.2) is 9.11 Å². The zero-order valence-electron chi connectivity index (χ0n) is 16.6. The van der Waals surface area contributed by atoms with Gasteiger partial charge in [-0.05, 0) is 59.6 Å². The van der Waals surface area contributed by atoms with Crippen LogP contribution < -0.4 is 4.72 Å². The van der Waals surface area contributed by atoms with Gasteiger partial charge in [0, 0.05) is 6.20 Å². The molecule has 1 aliphatic carbocycles. The van der Waals surface area contributed by atoms with Gasteiger partial charge in [0.2, 0.25) is 5.91 Å². The highest BCUT2D eigenvalue weighted by molar-refractivity contribution is 7.90. The number of hydrogen-bond donors (Lipinski definition) is 1. The fraction of sp³-hybridized carbons (Fsp3) is 0.500. The minimum atomic E-state index is -4.04. The van der Waals surface area contributed by atoms with Gasteiger partial charge in [0.25, 0.3) is 10.0 Å². The Morgan fingerprint density at radius 3 is 2.29 bits per heavy atom. The van der Waals surface area contributed by atoms with Gasteiger partial charge < -0.3 is 0 Å². The predicted octanol–water partition coefficient (Wildman–Crippen LogP) is 3.65. The summed E-state index contributed by atoms with van der Waals surface area (Å²) in [5.74, 6) is -1.00. The molecule has 1 heterocycles. The topological polar surface area (TPSA) is 81.1 Å². The van der Waals surface area contributed by atoms with Crippen LogP contribution in [0.3, 0.4) is 0 Å². The first-order chi connectivity index (χ1) is 13.1. The zero-order chi connectivity index (χ0) is 20.6. The second-order valence-electron chi connectivity index (χ2n) is 7.94. The van der Waals surface area contributed by atoms with Crippen molar-refractivity contribution in [3.63, 3.8) is 0 Å². The van der Waals surface area contributed by atoms with Crippen molar-refractivity contribution in [2.24, 2.45) is 0 Å². The second-order valence-corrected chi connectivity index (χ2v) is 9.57. The molecule has 1 amide bonds. The number of halogens is 1. The lowest BCUT2D eigenvalue weighted by Crippen LogP contribution is -2.32. The van der Waals surface area contributed by atoms with Gasteiger partial charge in [0.1, 0.15) is 5.82 Å². The van der Waals surface area contributed by atoms with Gasteiger partial charge in [-0.15, -0.1) is 0 Å². The van der Waals surface area contributed by atoms with E-state index in [1.54, 1.807) is 10.9 Å². The Morgan fingerprint density at radius 2 is 1.79 bits per heavy atom. The number of hydrogen-bond acceptors (Lipinski definition) is 4. The molecule has 2 aromatic rings. The van der Waals surface area contributed by atoms with E-state index in [-0.39, 0.29) is 35.1 Å². The maximum Gasteiger partial charge on any atom is 0.283 e. The molecule has 8 heteroatoms. The second kappa shape index (κ2) is 7.66. The fourth-order valence-electron chi connectivity index (χ4n) is 3.32. The van der Waals surface area contributed by atoms with E-state index < -0.39 is 15.9 Å². The lowest BCUT2D eigenvalue weighted by molar-refractivity contribution is -0.118. The number of nitrogens with one attached hydrogen (secondary N) is 1. The summed E-state index contributed by atoms with van der Waals surface area (Å²) in [5, 5.41) is 3.90. The van der Waals surface area contributed by atoms with Crippen LogP contribution >= 0.6 is 0 Å². The molecule has 6 nitrogen and oxygen atoms in total. The van der Waals surface area contributed by atoms with E-state index in [9.17, 15) is 17.6 Å². The molecule has 0 aliphatic heterocycles. The van der Waals surface area contributed by atoms with Crippen LogP contribution in [0.5, 0.6) is 0 Å². The number of rotatable bonds is 7. The summed E-state index contributed by atoms with van der Waals surface area (Å²) in [6.45, 7) is 7.67. The highest BCUT2D eigenvalue weighted by Gasteiger charge is 2.28. The molecule has 28 heavy (non-hydrogen) atoms. The lowest BCUT2D eigenvalue weighted by Gasteiger charge is -2.19. The number of sulfonamides is 1. The fourth-order valence-corrected chi connectivity index (χ4v) is 4.24. The highest BCUT2D eigenvalue weighted by atomic mass is 32.2. The molecule has 1 saturated carbocycles. The van der Waals surface area contributed by atoms with Crippen LogP contribution in [-0.4, -0.2) is 24.1 Å². The molecule has 0 atom stereocenters. The van der Waals surface area contributed by atoms with Gasteiger partial charge in [-0.1, -0.05) is 27.7 Å². The van der Waals surface area contributed by atoms with E-state index in [0.29, 0.717) is 16.7 Å². The van der Waals surface area contributed by atoms with Crippen LogP contribution in [0.2, 0.25) is 0 Å². The third-order valence-electron chi connectivity index (χ3n) is 4.89. The minimum absolute atomic E-state index is 0.00171. The Hall–Kier alpha value is -2.22. The standard InChI is InChI=1S/C20H26FN3O3S/c1-12(2)16-9-14(21)10-17(13(3)4)18(16)11-19(25)23-28(26,27)20-7-8-24(22-20)15-5-6-15/h7-10,12-13,15H,5-6,11H2,1-4H3,(H,23,25). The third-order valence-corrected chi connectivity index (χ3v) is 6.16. The van der Waals surface area contributed by atoms with Crippen molar-refractivity contribution in [2.45, 2.75) is 69.9 Å². The van der Waals surface area contributed by atoms with E-state index in [2.05, 4.69) is 9.82 Å². The Balaban J connectivity index is 1.84. The molecule has 1 N–H and O–H groups in total. The van der Waals surface area contributed by atoms with Crippen molar-refractivity contribution in [1.82, 2.24) is 14.5 Å². The van der Waals surface area contributed by atoms with Crippen LogP contribution in [-0.2, 0) is 21.2 Å². The summed E-state index contributed by atoms with van der Waals surface area (Å²) in [4.78, 5) is 12.6. The summed E-state index contributed by atoms with van der Waals surface area (Å²) in [5.41, 5.74) is 2.12. The summed E-state index contributed by atoms with van der Waals surface area (Å²) in [6.07, 6.45) is 3.44. The molecule has 1 fully saturated rings. The van der Waals surface area contributed by atoms with Gasteiger partial charge in [0.05, 0.1) is 12.5 Å². The summed E-state index contributed by atoms with van der Waals surface area (Å²) in [6, 6.07) is 4.49. The number of carbonyl (C=O) groups is 1. The van der Waals surface area contributed by atoms with Gasteiger partial charge in [-0.2, -0.15) is 13.5 Å². The lowest BCUT2D eigenvalue weighted by atomic mass is 9.87. The number of carbonyl (C=O) groups excluding carboxylic acids is 1. The average molecular weight is 408 g/mol. The van der Waals surface area contributed by atoms with Crippen LogP contribution in [0.4, 0.5) is 4.39 Å². The van der Waals surface area contributed by atoms with Crippen molar-refractivity contribution in [3.8, 4) is 0 Å². The zero-order valence-corrected chi connectivity index (χ0v) is 17.4. The van der Waals surface area contributed by atoms with Crippen LogP contribution in [0.25, 0.3) is 0 Å². The summed E-state index contributed by atoms with van der Waals surface area (Å²) in [7, 11) is -4.04. The first-order valence-electron chi connectivity index (χ1n) is 9.51. The first kappa shape index (κ1) is 20.5. The Bertz CT molecular complexity index is 963. The number of amides is 1. The average Bonchev–Trinajstić information content (AvgIpc) is 3.31. The predicted molar refractivity (Wildman–Crippen MR) is 104 cm³/mol. The SMILES string of the molecule is CC(C)c1cc(F)cc(C(C)C)c1CC(=O)NS(=O)(=O)c1ccn(C2CC2)n1. The Labute approximate surface area is 165 Å². The number of aromatic nitrogens is 2.